The van der Waals surface area contributed by atoms with Crippen LogP contribution >= 0.6 is 11.3 Å². The molecule has 9 nitrogen and oxygen atoms in total. The van der Waals surface area contributed by atoms with Gasteiger partial charge in [0.05, 0.1) is 25.1 Å². The third-order valence-electron chi connectivity index (χ3n) is 2.83. The maximum Gasteiger partial charge on any atom is 0.477 e. The summed E-state index contributed by atoms with van der Waals surface area (Å²) in [5.74, 6) is -2.76. The molecule has 2 aromatic rings. The van der Waals surface area contributed by atoms with Crippen LogP contribution in [0.2, 0.25) is 0 Å². The molecule has 0 bridgehead atoms. The average Bonchev–Trinajstić information content (AvgIpc) is 3.08. The maximum absolute atomic E-state index is 11.9. The van der Waals surface area contributed by atoms with Gasteiger partial charge in [0.15, 0.2) is 5.69 Å². The molecule has 11 heteroatoms. The van der Waals surface area contributed by atoms with Crippen LogP contribution in [0.4, 0.5) is 0 Å². The van der Waals surface area contributed by atoms with Crippen LogP contribution in [0.1, 0.15) is 15.4 Å². The first-order chi connectivity index (χ1) is 10.5. The van der Waals surface area contributed by atoms with Crippen molar-refractivity contribution in [3.8, 4) is 0 Å². The highest BCUT2D eigenvalue weighted by Crippen LogP contribution is 2.09. The van der Waals surface area contributed by atoms with Gasteiger partial charge in [-0.2, -0.15) is 0 Å². The van der Waals surface area contributed by atoms with Crippen LogP contribution in [-0.4, -0.2) is 55.1 Å². The molecule has 0 saturated carbocycles. The fourth-order valence-corrected chi connectivity index (χ4v) is 2.49. The van der Waals surface area contributed by atoms with Crippen LogP contribution < -0.4 is 5.32 Å². The van der Waals surface area contributed by atoms with Gasteiger partial charge in [-0.1, -0.05) is 11.3 Å². The Hall–Kier alpha value is -2.24. The van der Waals surface area contributed by atoms with Crippen molar-refractivity contribution in [3.63, 3.8) is 0 Å². The summed E-state index contributed by atoms with van der Waals surface area (Å²) < 4.78 is 0.984. The number of hydrogen-bond donors (Lipinski definition) is 4. The number of thiophene rings is 1. The molecule has 0 aliphatic heterocycles. The topological polar surface area (TPSA) is 138 Å². The van der Waals surface area contributed by atoms with Gasteiger partial charge in [-0.3, -0.25) is 4.79 Å². The predicted molar refractivity (Wildman–Crippen MR) is 77.1 cm³/mol. The van der Waals surface area contributed by atoms with Crippen molar-refractivity contribution in [2.45, 2.75) is 18.9 Å². The van der Waals surface area contributed by atoms with E-state index < -0.39 is 24.9 Å². The fraction of sp³-hybridized carbons (Fsp3) is 0.273. The van der Waals surface area contributed by atoms with Crippen LogP contribution in [-0.2, 0) is 17.8 Å². The second kappa shape index (κ2) is 7.16. The largest absolute Gasteiger partial charge is 0.477 e. The SMILES string of the molecule is O=C(Cc1cccs1)N[C@@H](Cn1nncc1C(=O)O)B(O)O. The van der Waals surface area contributed by atoms with Crippen LogP contribution in [0.5, 0.6) is 0 Å². The van der Waals surface area contributed by atoms with E-state index in [1.54, 1.807) is 12.1 Å². The molecule has 4 N–H and O–H groups in total. The molecule has 2 heterocycles. The summed E-state index contributed by atoms with van der Waals surface area (Å²) in [6, 6.07) is 3.59. The summed E-state index contributed by atoms with van der Waals surface area (Å²) in [7, 11) is -1.86. The van der Waals surface area contributed by atoms with Crippen molar-refractivity contribution in [3.05, 3.63) is 34.3 Å². The monoisotopic (exact) mass is 324 g/mol. The quantitative estimate of drug-likeness (QED) is 0.468. The van der Waals surface area contributed by atoms with Gasteiger partial charge < -0.3 is 20.5 Å². The number of carboxylic acids is 1. The van der Waals surface area contributed by atoms with Crippen molar-refractivity contribution in [1.29, 1.82) is 0 Å². The number of carbonyl (C=O) groups excluding carboxylic acids is 1. The number of aromatic carboxylic acids is 1. The third-order valence-corrected chi connectivity index (χ3v) is 3.70. The molecule has 0 spiro atoms. The van der Waals surface area contributed by atoms with Crippen LogP contribution in [0.15, 0.2) is 23.7 Å². The Balaban J connectivity index is 2.02. The molecule has 0 aliphatic rings. The molecule has 2 rings (SSSR count). The molecule has 0 fully saturated rings. The maximum atomic E-state index is 11.9. The van der Waals surface area contributed by atoms with Crippen molar-refractivity contribution >= 4 is 30.3 Å². The lowest BCUT2D eigenvalue weighted by Crippen LogP contribution is -2.49. The van der Waals surface area contributed by atoms with Crippen LogP contribution in [0, 0.1) is 0 Å². The highest BCUT2D eigenvalue weighted by molar-refractivity contribution is 7.10. The zero-order valence-corrected chi connectivity index (χ0v) is 12.1. The Labute approximate surface area is 129 Å². The number of rotatable bonds is 7. The first-order valence-corrected chi connectivity index (χ1v) is 7.15. The number of amides is 1. The first-order valence-electron chi connectivity index (χ1n) is 6.27. The summed E-state index contributed by atoms with van der Waals surface area (Å²) in [4.78, 5) is 23.7. The summed E-state index contributed by atoms with van der Waals surface area (Å²) >= 11 is 1.41. The Morgan fingerprint density at radius 2 is 2.23 bits per heavy atom. The zero-order chi connectivity index (χ0) is 16.1. The lowest BCUT2D eigenvalue weighted by molar-refractivity contribution is -0.120. The summed E-state index contributed by atoms with van der Waals surface area (Å²) in [5.41, 5.74) is -0.210. The third kappa shape index (κ3) is 4.13. The lowest BCUT2D eigenvalue weighted by Gasteiger charge is -2.17. The summed E-state index contributed by atoms with van der Waals surface area (Å²) in [6.45, 7) is -0.227. The van der Waals surface area contributed by atoms with E-state index in [4.69, 9.17) is 5.11 Å². The highest BCUT2D eigenvalue weighted by atomic mass is 32.1. The number of carboxylic acid groups (broad SMARTS) is 1. The number of aromatic nitrogens is 3. The molecule has 0 aliphatic carbocycles. The lowest BCUT2D eigenvalue weighted by atomic mass is 9.79. The number of nitrogens with zero attached hydrogens (tertiary/aromatic N) is 3. The molecule has 0 aromatic carbocycles. The van der Waals surface area contributed by atoms with Gasteiger partial charge in [-0.05, 0) is 11.4 Å². The van der Waals surface area contributed by atoms with E-state index in [2.05, 4.69) is 15.6 Å². The normalized spacial score (nSPS) is 11.9. The molecule has 1 atom stereocenters. The molecular weight excluding hydrogens is 311 g/mol. The molecule has 1 amide bonds. The summed E-state index contributed by atoms with van der Waals surface area (Å²) in [5, 5.41) is 38.9. The minimum atomic E-state index is -1.86. The second-order valence-electron chi connectivity index (χ2n) is 4.45. The van der Waals surface area contributed by atoms with E-state index in [0.717, 1.165) is 15.8 Å². The van der Waals surface area contributed by atoms with Crippen LogP contribution in [0.25, 0.3) is 0 Å². The van der Waals surface area contributed by atoms with Gasteiger partial charge in [0.2, 0.25) is 5.91 Å². The van der Waals surface area contributed by atoms with Gasteiger partial charge in [-0.15, -0.1) is 16.4 Å². The van der Waals surface area contributed by atoms with Crippen molar-refractivity contribution in [2.24, 2.45) is 0 Å². The number of hydrogen-bond acceptors (Lipinski definition) is 7. The fourth-order valence-electron chi connectivity index (χ4n) is 1.79. The first kappa shape index (κ1) is 16.1. The molecular formula is C11H13BN4O5S. The minimum absolute atomic E-state index is 0.101. The molecule has 0 unspecified atom stereocenters. The van der Waals surface area contributed by atoms with Crippen molar-refractivity contribution in [1.82, 2.24) is 20.3 Å². The van der Waals surface area contributed by atoms with Gasteiger partial charge in [0, 0.05) is 4.88 Å². The second-order valence-corrected chi connectivity index (χ2v) is 5.48. The standard InChI is InChI=1S/C11H13BN4O5S/c17-10(4-7-2-1-3-22-7)14-9(12(20)21)6-16-8(11(18)19)5-13-15-16/h1-3,5,9,20-21H,4,6H2,(H,14,17)(H,18,19)/t9-/m0/s1. The van der Waals surface area contributed by atoms with E-state index in [-0.39, 0.29) is 18.7 Å². The molecule has 0 radical (unpaired) electrons. The number of nitrogens with one attached hydrogen (secondary N) is 1. The molecule has 116 valence electrons. The van der Waals surface area contributed by atoms with E-state index in [1.807, 2.05) is 5.38 Å². The van der Waals surface area contributed by atoms with Gasteiger partial charge in [-0.25, -0.2) is 9.48 Å². The summed E-state index contributed by atoms with van der Waals surface area (Å²) in [6.07, 6.45) is 1.14. The van der Waals surface area contributed by atoms with E-state index >= 15 is 0 Å². The van der Waals surface area contributed by atoms with E-state index in [0.29, 0.717) is 0 Å². The Morgan fingerprint density at radius 3 is 2.82 bits per heavy atom. The average molecular weight is 324 g/mol. The van der Waals surface area contributed by atoms with Crippen molar-refractivity contribution in [2.75, 3.05) is 0 Å². The van der Waals surface area contributed by atoms with E-state index in [9.17, 15) is 19.6 Å². The molecule has 0 saturated heterocycles. The minimum Gasteiger partial charge on any atom is -0.476 e. The number of carbonyl (C=O) groups is 2. The Bertz CT molecular complexity index is 645. The van der Waals surface area contributed by atoms with Crippen molar-refractivity contribution < 1.29 is 24.7 Å². The predicted octanol–water partition coefficient (Wildman–Crippen LogP) is -1.22. The van der Waals surface area contributed by atoms with E-state index in [1.165, 1.54) is 11.3 Å². The van der Waals surface area contributed by atoms with Gasteiger partial charge in [0.25, 0.3) is 0 Å². The zero-order valence-electron chi connectivity index (χ0n) is 11.3. The smallest absolute Gasteiger partial charge is 0.476 e. The Morgan fingerprint density at radius 1 is 1.45 bits per heavy atom. The van der Waals surface area contributed by atoms with Gasteiger partial charge in [0.1, 0.15) is 0 Å². The molecule has 2 aromatic heterocycles. The highest BCUT2D eigenvalue weighted by Gasteiger charge is 2.28. The molecule has 22 heavy (non-hydrogen) atoms. The van der Waals surface area contributed by atoms with Crippen LogP contribution in [0.3, 0.4) is 0 Å². The Kier molecular flexibility index (Phi) is 5.25. The van der Waals surface area contributed by atoms with Gasteiger partial charge >= 0.3 is 13.1 Å².